The fraction of sp³-hybridized carbons (Fsp3) is 0.190. The fourth-order valence-corrected chi connectivity index (χ4v) is 4.43. The molecule has 0 saturated carbocycles. The van der Waals surface area contributed by atoms with E-state index in [1.165, 1.54) is 16.5 Å². The minimum absolute atomic E-state index is 0.00843. The molecule has 0 unspecified atom stereocenters. The Labute approximate surface area is 160 Å². The molecular formula is C21H18F2N2OS. The molecule has 1 aromatic heterocycles. The van der Waals surface area contributed by atoms with Gasteiger partial charge in [-0.15, -0.1) is 11.3 Å². The molecule has 0 fully saturated rings. The maximum Gasteiger partial charge on any atom is 0.238 e. The van der Waals surface area contributed by atoms with Gasteiger partial charge in [0, 0.05) is 17.5 Å². The number of carbonyl (C=O) groups is 1. The van der Waals surface area contributed by atoms with E-state index < -0.39 is 11.6 Å². The van der Waals surface area contributed by atoms with Gasteiger partial charge in [-0.25, -0.2) is 8.78 Å². The highest BCUT2D eigenvalue weighted by Gasteiger charge is 2.30. The lowest BCUT2D eigenvalue weighted by atomic mass is 9.93. The first-order chi connectivity index (χ1) is 13.1. The predicted molar refractivity (Wildman–Crippen MR) is 103 cm³/mol. The second kappa shape index (κ2) is 7.58. The van der Waals surface area contributed by atoms with Crippen LogP contribution in [0.3, 0.4) is 0 Å². The van der Waals surface area contributed by atoms with Crippen LogP contribution in [0.1, 0.15) is 22.0 Å². The maximum absolute atomic E-state index is 13.8. The number of thiophene rings is 1. The number of hydrogen-bond donors (Lipinski definition) is 1. The SMILES string of the molecule is O=C(CN1CCc2sccc2[C@@H]1c1ccccc1)Nc1ccc(F)cc1F. The summed E-state index contributed by atoms with van der Waals surface area (Å²) in [4.78, 5) is 16.0. The number of amides is 1. The molecule has 2 heterocycles. The number of carbonyl (C=O) groups excluding carboxylic acids is 1. The molecule has 1 aliphatic heterocycles. The van der Waals surface area contributed by atoms with Crippen molar-refractivity contribution in [2.75, 3.05) is 18.4 Å². The van der Waals surface area contributed by atoms with Crippen LogP contribution in [0.15, 0.2) is 60.0 Å². The molecule has 0 saturated heterocycles. The van der Waals surface area contributed by atoms with E-state index >= 15 is 0 Å². The molecular weight excluding hydrogens is 366 g/mol. The van der Waals surface area contributed by atoms with E-state index in [0.717, 1.165) is 30.7 Å². The van der Waals surface area contributed by atoms with Gasteiger partial charge in [0.15, 0.2) is 0 Å². The number of rotatable bonds is 4. The Morgan fingerprint density at radius 2 is 1.96 bits per heavy atom. The van der Waals surface area contributed by atoms with Crippen molar-refractivity contribution >= 4 is 22.9 Å². The Balaban J connectivity index is 1.56. The molecule has 0 aliphatic carbocycles. The van der Waals surface area contributed by atoms with Crippen molar-refractivity contribution in [3.8, 4) is 0 Å². The molecule has 0 bridgehead atoms. The Hall–Kier alpha value is -2.57. The second-order valence-electron chi connectivity index (χ2n) is 6.51. The molecule has 0 spiro atoms. The highest BCUT2D eigenvalue weighted by molar-refractivity contribution is 7.10. The van der Waals surface area contributed by atoms with Gasteiger partial charge in [-0.2, -0.15) is 0 Å². The molecule has 3 aromatic rings. The molecule has 4 rings (SSSR count). The summed E-state index contributed by atoms with van der Waals surface area (Å²) in [6.07, 6.45) is 0.883. The third kappa shape index (κ3) is 3.77. The number of nitrogens with one attached hydrogen (secondary N) is 1. The Kier molecular flexibility index (Phi) is 5.01. The highest BCUT2D eigenvalue weighted by atomic mass is 32.1. The van der Waals surface area contributed by atoms with Crippen LogP contribution >= 0.6 is 11.3 Å². The third-order valence-corrected chi connectivity index (χ3v) is 5.73. The van der Waals surface area contributed by atoms with Crippen molar-refractivity contribution in [3.05, 3.63) is 87.6 Å². The summed E-state index contributed by atoms with van der Waals surface area (Å²) in [6.45, 7) is 0.873. The van der Waals surface area contributed by atoms with E-state index in [1.54, 1.807) is 11.3 Å². The summed E-state index contributed by atoms with van der Waals surface area (Å²) in [7, 11) is 0. The van der Waals surface area contributed by atoms with Crippen LogP contribution in [-0.2, 0) is 11.2 Å². The lowest BCUT2D eigenvalue weighted by molar-refractivity contribution is -0.117. The average Bonchev–Trinajstić information content (AvgIpc) is 3.13. The average molecular weight is 384 g/mol. The summed E-state index contributed by atoms with van der Waals surface area (Å²) >= 11 is 1.74. The van der Waals surface area contributed by atoms with Gasteiger partial charge in [0.25, 0.3) is 0 Å². The maximum atomic E-state index is 13.8. The summed E-state index contributed by atoms with van der Waals surface area (Å²) < 4.78 is 26.9. The molecule has 1 atom stereocenters. The standard InChI is InChI=1S/C21H18F2N2OS/c22-15-6-7-18(17(23)12-15)24-20(26)13-25-10-8-19-16(9-11-27-19)21(25)14-4-2-1-3-5-14/h1-7,9,11-12,21H,8,10,13H2,(H,24,26)/t21-/m0/s1. The van der Waals surface area contributed by atoms with Crippen LogP contribution < -0.4 is 5.32 Å². The Morgan fingerprint density at radius 3 is 2.74 bits per heavy atom. The molecule has 1 aliphatic rings. The van der Waals surface area contributed by atoms with Crippen LogP contribution in [0, 0.1) is 11.6 Å². The van der Waals surface area contributed by atoms with Gasteiger partial charge in [-0.05, 0) is 41.1 Å². The second-order valence-corrected chi connectivity index (χ2v) is 7.51. The lowest BCUT2D eigenvalue weighted by Crippen LogP contribution is -2.40. The van der Waals surface area contributed by atoms with E-state index in [2.05, 4.69) is 33.8 Å². The molecule has 27 heavy (non-hydrogen) atoms. The highest BCUT2D eigenvalue weighted by Crippen LogP contribution is 2.37. The number of anilines is 1. The van der Waals surface area contributed by atoms with Crippen molar-refractivity contribution in [1.82, 2.24) is 4.90 Å². The third-order valence-electron chi connectivity index (χ3n) is 4.73. The van der Waals surface area contributed by atoms with Crippen molar-refractivity contribution in [2.24, 2.45) is 0 Å². The lowest BCUT2D eigenvalue weighted by Gasteiger charge is -2.35. The summed E-state index contributed by atoms with van der Waals surface area (Å²) in [6, 6.07) is 15.3. The van der Waals surface area contributed by atoms with Gasteiger partial charge in [0.05, 0.1) is 18.3 Å². The van der Waals surface area contributed by atoms with Crippen LogP contribution in [0.2, 0.25) is 0 Å². The zero-order chi connectivity index (χ0) is 18.8. The van der Waals surface area contributed by atoms with Gasteiger partial charge in [-0.3, -0.25) is 9.69 Å². The summed E-state index contributed by atoms with van der Waals surface area (Å²) in [5.41, 5.74) is 2.33. The Bertz CT molecular complexity index is 958. The molecule has 1 amide bonds. The number of nitrogens with zero attached hydrogens (tertiary/aromatic N) is 1. The van der Waals surface area contributed by atoms with E-state index in [0.29, 0.717) is 0 Å². The smallest absolute Gasteiger partial charge is 0.238 e. The van der Waals surface area contributed by atoms with Crippen LogP contribution in [0.5, 0.6) is 0 Å². The van der Waals surface area contributed by atoms with Gasteiger partial charge < -0.3 is 5.32 Å². The first-order valence-corrected chi connectivity index (χ1v) is 9.60. The molecule has 6 heteroatoms. The van der Waals surface area contributed by atoms with Crippen molar-refractivity contribution in [2.45, 2.75) is 12.5 Å². The van der Waals surface area contributed by atoms with Crippen molar-refractivity contribution in [1.29, 1.82) is 0 Å². The van der Waals surface area contributed by atoms with Crippen LogP contribution in [-0.4, -0.2) is 23.9 Å². The first kappa shape index (κ1) is 17.8. The van der Waals surface area contributed by atoms with Gasteiger partial charge in [0.1, 0.15) is 11.6 Å². The molecule has 2 aromatic carbocycles. The first-order valence-electron chi connectivity index (χ1n) is 8.72. The fourth-order valence-electron chi connectivity index (χ4n) is 3.53. The van der Waals surface area contributed by atoms with E-state index in [9.17, 15) is 13.6 Å². The molecule has 0 radical (unpaired) electrons. The summed E-state index contributed by atoms with van der Waals surface area (Å²) in [5, 5.41) is 4.64. The number of halogens is 2. The Morgan fingerprint density at radius 1 is 1.15 bits per heavy atom. The number of benzene rings is 2. The predicted octanol–water partition coefficient (Wildman–Crippen LogP) is 4.61. The zero-order valence-corrected chi connectivity index (χ0v) is 15.3. The normalized spacial score (nSPS) is 16.7. The zero-order valence-electron chi connectivity index (χ0n) is 14.5. The molecule has 3 nitrogen and oxygen atoms in total. The van der Waals surface area contributed by atoms with E-state index in [4.69, 9.17) is 0 Å². The van der Waals surface area contributed by atoms with Crippen molar-refractivity contribution in [3.63, 3.8) is 0 Å². The minimum Gasteiger partial charge on any atom is -0.322 e. The van der Waals surface area contributed by atoms with Crippen LogP contribution in [0.4, 0.5) is 14.5 Å². The number of hydrogen-bond acceptors (Lipinski definition) is 3. The number of fused-ring (bicyclic) bond motifs is 1. The van der Waals surface area contributed by atoms with E-state index in [-0.39, 0.29) is 24.2 Å². The minimum atomic E-state index is -0.776. The molecule has 138 valence electrons. The van der Waals surface area contributed by atoms with Crippen molar-refractivity contribution < 1.29 is 13.6 Å². The van der Waals surface area contributed by atoms with Gasteiger partial charge >= 0.3 is 0 Å². The topological polar surface area (TPSA) is 32.3 Å². The van der Waals surface area contributed by atoms with Gasteiger partial charge in [-0.1, -0.05) is 30.3 Å². The van der Waals surface area contributed by atoms with Crippen LogP contribution in [0.25, 0.3) is 0 Å². The monoisotopic (exact) mass is 384 g/mol. The largest absolute Gasteiger partial charge is 0.322 e. The van der Waals surface area contributed by atoms with Gasteiger partial charge in [0.2, 0.25) is 5.91 Å². The quantitative estimate of drug-likeness (QED) is 0.712. The summed E-state index contributed by atoms with van der Waals surface area (Å²) in [5.74, 6) is -1.77. The molecule has 1 N–H and O–H groups in total. The van der Waals surface area contributed by atoms with E-state index in [1.807, 2.05) is 18.2 Å².